The number of fused-ring (bicyclic) bond motifs is 1. The third-order valence-electron chi connectivity index (χ3n) is 1.80. The lowest BCUT2D eigenvalue weighted by Gasteiger charge is -1.93. The molecule has 0 atom stereocenters. The number of hydrogen-bond acceptors (Lipinski definition) is 2. The highest BCUT2D eigenvalue weighted by Gasteiger charge is 2.02. The predicted octanol–water partition coefficient (Wildman–Crippen LogP) is 1.68. The Morgan fingerprint density at radius 1 is 1.29 bits per heavy atom. The third-order valence-corrected chi connectivity index (χ3v) is 1.80. The zero-order valence-corrected chi connectivity index (χ0v) is 7.36. The first-order valence-corrected chi connectivity index (χ1v) is 3.87. The first kappa shape index (κ1) is 9.98. The molecule has 0 aliphatic carbocycles. The summed E-state index contributed by atoms with van der Waals surface area (Å²) < 4.78 is 0. The summed E-state index contributed by atoms with van der Waals surface area (Å²) in [5.74, 6) is -0.891. The quantitative estimate of drug-likeness (QED) is 0.720. The molecule has 72 valence electrons. The normalized spacial score (nSPS) is 9.14. The van der Waals surface area contributed by atoms with Gasteiger partial charge in [-0.05, 0) is 24.3 Å². The molecule has 0 aliphatic heterocycles. The van der Waals surface area contributed by atoms with E-state index in [9.17, 15) is 4.79 Å². The van der Waals surface area contributed by atoms with Gasteiger partial charge in [0.1, 0.15) is 6.79 Å². The Balaban J connectivity index is 0.000000461. The molecule has 0 unspecified atom stereocenters. The fourth-order valence-corrected chi connectivity index (χ4v) is 1.19. The van der Waals surface area contributed by atoms with E-state index >= 15 is 0 Å². The van der Waals surface area contributed by atoms with Crippen LogP contribution in [-0.4, -0.2) is 22.8 Å². The number of aromatic carboxylic acids is 1. The van der Waals surface area contributed by atoms with Gasteiger partial charge < -0.3 is 14.9 Å². The predicted molar refractivity (Wildman–Crippen MR) is 52.4 cm³/mol. The molecule has 4 heteroatoms. The van der Waals surface area contributed by atoms with Gasteiger partial charge in [0.05, 0.1) is 5.56 Å². The Labute approximate surface area is 80.2 Å². The number of hydrogen-bond donors (Lipinski definition) is 2. The number of aromatic amines is 1. The van der Waals surface area contributed by atoms with Crippen LogP contribution < -0.4 is 0 Å². The molecule has 0 fully saturated rings. The van der Waals surface area contributed by atoms with Crippen molar-refractivity contribution in [3.8, 4) is 0 Å². The minimum absolute atomic E-state index is 0.321. The SMILES string of the molecule is C=O.O=C(O)c1ccc2[nH]ccc2c1. The molecule has 0 aliphatic rings. The minimum atomic E-state index is -0.891. The first-order chi connectivity index (χ1) is 6.77. The summed E-state index contributed by atoms with van der Waals surface area (Å²) >= 11 is 0. The van der Waals surface area contributed by atoms with Crippen LogP contribution in [0.2, 0.25) is 0 Å². The molecule has 14 heavy (non-hydrogen) atoms. The van der Waals surface area contributed by atoms with Crippen LogP contribution in [0.1, 0.15) is 10.4 Å². The number of carboxylic acid groups (broad SMARTS) is 1. The summed E-state index contributed by atoms with van der Waals surface area (Å²) in [6, 6.07) is 6.84. The van der Waals surface area contributed by atoms with Crippen molar-refractivity contribution in [2.45, 2.75) is 0 Å². The molecule has 1 aromatic heterocycles. The second kappa shape index (κ2) is 4.23. The lowest BCUT2D eigenvalue weighted by atomic mass is 10.1. The molecule has 0 saturated heterocycles. The van der Waals surface area contributed by atoms with E-state index in [1.165, 1.54) is 0 Å². The van der Waals surface area contributed by atoms with Gasteiger partial charge in [-0.1, -0.05) is 0 Å². The number of H-pyrrole nitrogens is 1. The summed E-state index contributed by atoms with van der Waals surface area (Å²) in [6.45, 7) is 2.00. The van der Waals surface area contributed by atoms with E-state index in [2.05, 4.69) is 4.98 Å². The van der Waals surface area contributed by atoms with Crippen molar-refractivity contribution >= 4 is 23.7 Å². The zero-order valence-electron chi connectivity index (χ0n) is 7.36. The number of nitrogens with one attached hydrogen (secondary N) is 1. The van der Waals surface area contributed by atoms with E-state index < -0.39 is 5.97 Å². The van der Waals surface area contributed by atoms with Crippen LogP contribution in [0.3, 0.4) is 0 Å². The summed E-state index contributed by atoms with van der Waals surface area (Å²) in [4.78, 5) is 21.5. The molecule has 1 aromatic carbocycles. The fraction of sp³-hybridized carbons (Fsp3) is 0. The Bertz CT molecular complexity index is 447. The molecule has 0 saturated carbocycles. The molecule has 0 spiro atoms. The highest BCUT2D eigenvalue weighted by molar-refractivity contribution is 5.93. The minimum Gasteiger partial charge on any atom is -0.478 e. The van der Waals surface area contributed by atoms with Gasteiger partial charge in [0, 0.05) is 17.1 Å². The number of rotatable bonds is 1. The monoisotopic (exact) mass is 191 g/mol. The third kappa shape index (κ3) is 1.80. The van der Waals surface area contributed by atoms with E-state index in [1.807, 2.05) is 12.9 Å². The van der Waals surface area contributed by atoms with E-state index in [-0.39, 0.29) is 0 Å². The van der Waals surface area contributed by atoms with Crippen molar-refractivity contribution in [3.05, 3.63) is 36.0 Å². The van der Waals surface area contributed by atoms with Crippen molar-refractivity contribution in [3.63, 3.8) is 0 Å². The molecule has 0 amide bonds. The van der Waals surface area contributed by atoms with Crippen LogP contribution in [0.25, 0.3) is 10.9 Å². The number of benzene rings is 1. The van der Waals surface area contributed by atoms with Crippen molar-refractivity contribution in [2.24, 2.45) is 0 Å². The largest absolute Gasteiger partial charge is 0.478 e. The van der Waals surface area contributed by atoms with Gasteiger partial charge >= 0.3 is 5.97 Å². The lowest BCUT2D eigenvalue weighted by molar-refractivity contribution is -0.0980. The second-order valence-electron chi connectivity index (χ2n) is 2.58. The molecule has 4 nitrogen and oxygen atoms in total. The molecule has 0 radical (unpaired) electrons. The fourth-order valence-electron chi connectivity index (χ4n) is 1.19. The summed E-state index contributed by atoms with van der Waals surface area (Å²) in [5, 5.41) is 9.60. The van der Waals surface area contributed by atoms with Crippen molar-refractivity contribution in [2.75, 3.05) is 0 Å². The van der Waals surface area contributed by atoms with E-state index in [0.29, 0.717) is 5.56 Å². The molecule has 0 bridgehead atoms. The topological polar surface area (TPSA) is 70.2 Å². The van der Waals surface area contributed by atoms with Gasteiger partial charge in [-0.15, -0.1) is 0 Å². The maximum absolute atomic E-state index is 10.6. The Morgan fingerprint density at radius 3 is 2.64 bits per heavy atom. The average Bonchev–Trinajstić information content (AvgIpc) is 2.67. The Morgan fingerprint density at radius 2 is 2.00 bits per heavy atom. The van der Waals surface area contributed by atoms with Gasteiger partial charge in [0.25, 0.3) is 0 Å². The highest BCUT2D eigenvalue weighted by atomic mass is 16.4. The molecule has 2 aromatic rings. The number of carbonyl (C=O) groups excluding carboxylic acids is 1. The van der Waals surface area contributed by atoms with Gasteiger partial charge in [0.2, 0.25) is 0 Å². The summed E-state index contributed by atoms with van der Waals surface area (Å²) in [7, 11) is 0. The van der Waals surface area contributed by atoms with E-state index in [4.69, 9.17) is 9.90 Å². The van der Waals surface area contributed by atoms with Crippen LogP contribution in [0.15, 0.2) is 30.5 Å². The number of aromatic nitrogens is 1. The maximum Gasteiger partial charge on any atom is 0.335 e. The first-order valence-electron chi connectivity index (χ1n) is 3.87. The van der Waals surface area contributed by atoms with E-state index in [0.717, 1.165) is 10.9 Å². The van der Waals surface area contributed by atoms with Gasteiger partial charge in [0.15, 0.2) is 0 Å². The van der Waals surface area contributed by atoms with Crippen LogP contribution in [0.5, 0.6) is 0 Å². The van der Waals surface area contributed by atoms with Crippen molar-refractivity contribution in [1.82, 2.24) is 4.98 Å². The van der Waals surface area contributed by atoms with Gasteiger partial charge in [-0.25, -0.2) is 4.79 Å². The van der Waals surface area contributed by atoms with Crippen LogP contribution in [0, 0.1) is 0 Å². The zero-order chi connectivity index (χ0) is 10.6. The maximum atomic E-state index is 10.6. The second-order valence-corrected chi connectivity index (χ2v) is 2.58. The Hall–Kier alpha value is -2.10. The molecular weight excluding hydrogens is 182 g/mol. The van der Waals surface area contributed by atoms with E-state index in [1.54, 1.807) is 24.4 Å². The van der Waals surface area contributed by atoms with Gasteiger partial charge in [-0.2, -0.15) is 0 Å². The summed E-state index contributed by atoms with van der Waals surface area (Å²) in [6.07, 6.45) is 1.79. The number of carbonyl (C=O) groups is 2. The highest BCUT2D eigenvalue weighted by Crippen LogP contribution is 2.13. The van der Waals surface area contributed by atoms with Crippen molar-refractivity contribution in [1.29, 1.82) is 0 Å². The average molecular weight is 191 g/mol. The molecule has 2 rings (SSSR count). The van der Waals surface area contributed by atoms with Crippen molar-refractivity contribution < 1.29 is 14.7 Å². The standard InChI is InChI=1S/C9H7NO2.CH2O/c11-9(12)7-1-2-8-6(5-7)3-4-10-8;1-2/h1-5,10H,(H,11,12);1H2. The van der Waals surface area contributed by atoms with Gasteiger partial charge in [-0.3, -0.25) is 0 Å². The lowest BCUT2D eigenvalue weighted by Crippen LogP contribution is -1.94. The van der Waals surface area contributed by atoms with Crippen LogP contribution in [0.4, 0.5) is 0 Å². The number of carboxylic acids is 1. The smallest absolute Gasteiger partial charge is 0.335 e. The van der Waals surface area contributed by atoms with Crippen LogP contribution >= 0.6 is 0 Å². The Kier molecular flexibility index (Phi) is 3.01. The molecular formula is C10H9NO3. The molecule has 1 heterocycles. The van der Waals surface area contributed by atoms with Crippen LogP contribution in [-0.2, 0) is 4.79 Å². The molecule has 2 N–H and O–H groups in total. The summed E-state index contributed by atoms with van der Waals surface area (Å²) in [5.41, 5.74) is 1.28.